The topological polar surface area (TPSA) is 72.4 Å². The number of amides is 1. The fourth-order valence-electron chi connectivity index (χ4n) is 2.57. The van der Waals surface area contributed by atoms with Crippen LogP contribution in [0, 0.1) is 0 Å². The van der Waals surface area contributed by atoms with Crippen molar-refractivity contribution < 1.29 is 9.32 Å². The Hall–Kier alpha value is -2.14. The van der Waals surface area contributed by atoms with E-state index in [-0.39, 0.29) is 5.91 Å². The monoisotopic (exact) mass is 329 g/mol. The van der Waals surface area contributed by atoms with Crippen LogP contribution in [-0.2, 0) is 11.2 Å². The number of rotatable bonds is 10. The maximum Gasteiger partial charge on any atom is 0.222 e. The van der Waals surface area contributed by atoms with Gasteiger partial charge in [-0.3, -0.25) is 4.79 Å². The summed E-state index contributed by atoms with van der Waals surface area (Å²) >= 11 is 0. The molecule has 0 aliphatic heterocycles. The molecule has 1 amide bonds. The van der Waals surface area contributed by atoms with E-state index in [1.165, 1.54) is 0 Å². The Morgan fingerprint density at radius 2 is 1.96 bits per heavy atom. The highest BCUT2D eigenvalue weighted by Gasteiger charge is 2.08. The van der Waals surface area contributed by atoms with Gasteiger partial charge in [0, 0.05) is 38.1 Å². The average molecular weight is 329 g/mol. The summed E-state index contributed by atoms with van der Waals surface area (Å²) in [6.07, 6.45) is 5.30. The van der Waals surface area contributed by atoms with E-state index in [2.05, 4.69) is 5.16 Å². The molecule has 24 heavy (non-hydrogen) atoms. The van der Waals surface area contributed by atoms with Gasteiger partial charge in [-0.2, -0.15) is 0 Å². The van der Waals surface area contributed by atoms with Crippen molar-refractivity contribution in [1.29, 1.82) is 0 Å². The fraction of sp³-hybridized carbons (Fsp3) is 0.474. The van der Waals surface area contributed by atoms with Gasteiger partial charge >= 0.3 is 0 Å². The summed E-state index contributed by atoms with van der Waals surface area (Å²) in [5, 5.41) is 4.13. The molecule has 0 saturated carbocycles. The number of aryl methyl sites for hydroxylation is 1. The zero-order chi connectivity index (χ0) is 17.2. The van der Waals surface area contributed by atoms with Crippen molar-refractivity contribution >= 4 is 5.91 Å². The lowest BCUT2D eigenvalue weighted by atomic mass is 10.1. The summed E-state index contributed by atoms with van der Waals surface area (Å²) in [7, 11) is 1.86. The highest BCUT2D eigenvalue weighted by atomic mass is 16.5. The molecule has 0 aliphatic carbocycles. The lowest BCUT2D eigenvalue weighted by Crippen LogP contribution is -2.28. The largest absolute Gasteiger partial charge is 0.361 e. The SMILES string of the molecule is CN(CCCCCc1cc(-c2ccccc2)no1)C(=O)CCCN. The zero-order valence-corrected chi connectivity index (χ0v) is 14.4. The molecule has 1 heterocycles. The Bertz CT molecular complexity index is 610. The van der Waals surface area contributed by atoms with Crippen LogP contribution in [0.25, 0.3) is 11.3 Å². The molecule has 0 spiro atoms. The van der Waals surface area contributed by atoms with E-state index in [9.17, 15) is 4.79 Å². The van der Waals surface area contributed by atoms with Crippen LogP contribution in [0.2, 0.25) is 0 Å². The Balaban J connectivity index is 1.65. The number of carbonyl (C=O) groups excluding carboxylic acids is 1. The van der Waals surface area contributed by atoms with Gasteiger partial charge in [0.1, 0.15) is 11.5 Å². The van der Waals surface area contributed by atoms with Gasteiger partial charge in [0.2, 0.25) is 5.91 Å². The highest BCUT2D eigenvalue weighted by molar-refractivity contribution is 5.75. The van der Waals surface area contributed by atoms with Crippen LogP contribution >= 0.6 is 0 Å². The quantitative estimate of drug-likeness (QED) is 0.679. The van der Waals surface area contributed by atoms with Crippen LogP contribution in [0.4, 0.5) is 0 Å². The van der Waals surface area contributed by atoms with Crippen molar-refractivity contribution in [3.63, 3.8) is 0 Å². The molecule has 1 aromatic heterocycles. The van der Waals surface area contributed by atoms with Crippen molar-refractivity contribution in [3.05, 3.63) is 42.2 Å². The van der Waals surface area contributed by atoms with E-state index in [1.54, 1.807) is 4.90 Å². The molecular weight excluding hydrogens is 302 g/mol. The molecule has 0 saturated heterocycles. The van der Waals surface area contributed by atoms with Gasteiger partial charge in [0.15, 0.2) is 0 Å². The number of carbonyl (C=O) groups is 1. The molecule has 5 heteroatoms. The van der Waals surface area contributed by atoms with E-state index in [4.69, 9.17) is 10.3 Å². The first kappa shape index (κ1) is 18.2. The molecule has 0 unspecified atom stereocenters. The van der Waals surface area contributed by atoms with E-state index in [1.807, 2.05) is 43.4 Å². The molecule has 130 valence electrons. The summed E-state index contributed by atoms with van der Waals surface area (Å²) in [5.41, 5.74) is 7.39. The maximum atomic E-state index is 11.8. The van der Waals surface area contributed by atoms with Crippen LogP contribution in [0.5, 0.6) is 0 Å². The van der Waals surface area contributed by atoms with Crippen LogP contribution in [0.1, 0.15) is 37.9 Å². The number of aromatic nitrogens is 1. The van der Waals surface area contributed by atoms with E-state index in [0.717, 1.165) is 55.7 Å². The van der Waals surface area contributed by atoms with E-state index < -0.39 is 0 Å². The second-order valence-electron chi connectivity index (χ2n) is 6.06. The molecular formula is C19H27N3O2. The molecule has 2 aromatic rings. The van der Waals surface area contributed by atoms with Crippen LogP contribution in [0.15, 0.2) is 40.9 Å². The van der Waals surface area contributed by atoms with Crippen molar-refractivity contribution in [2.75, 3.05) is 20.1 Å². The summed E-state index contributed by atoms with van der Waals surface area (Å²) in [5.74, 6) is 1.10. The molecule has 0 aliphatic rings. The number of nitrogens with zero attached hydrogens (tertiary/aromatic N) is 2. The van der Waals surface area contributed by atoms with Crippen molar-refractivity contribution in [3.8, 4) is 11.3 Å². The second kappa shape index (κ2) is 9.88. The number of hydrogen-bond acceptors (Lipinski definition) is 4. The standard InChI is InChI=1S/C19H27N3O2/c1-22(19(23)12-8-13-20)14-7-3-6-11-17-15-18(21-24-17)16-9-4-2-5-10-16/h2,4-5,9-10,15H,3,6-8,11-14,20H2,1H3. The Labute approximate surface area is 143 Å². The van der Waals surface area contributed by atoms with Gasteiger partial charge in [-0.25, -0.2) is 0 Å². The minimum atomic E-state index is 0.184. The molecule has 0 atom stereocenters. The van der Waals surface area contributed by atoms with E-state index in [0.29, 0.717) is 13.0 Å². The minimum Gasteiger partial charge on any atom is -0.361 e. The first-order valence-corrected chi connectivity index (χ1v) is 8.65. The first-order valence-electron chi connectivity index (χ1n) is 8.65. The average Bonchev–Trinajstić information content (AvgIpc) is 3.09. The number of hydrogen-bond donors (Lipinski definition) is 1. The number of nitrogens with two attached hydrogens (primary N) is 1. The third-order valence-electron chi connectivity index (χ3n) is 4.07. The van der Waals surface area contributed by atoms with Crippen LogP contribution in [0.3, 0.4) is 0 Å². The normalized spacial score (nSPS) is 10.8. The van der Waals surface area contributed by atoms with Gasteiger partial charge < -0.3 is 15.2 Å². The molecule has 0 fully saturated rings. The van der Waals surface area contributed by atoms with Crippen LogP contribution in [-0.4, -0.2) is 36.1 Å². The maximum absolute atomic E-state index is 11.8. The van der Waals surface area contributed by atoms with Gasteiger partial charge in [-0.05, 0) is 25.8 Å². The number of benzene rings is 1. The van der Waals surface area contributed by atoms with Gasteiger partial charge in [-0.1, -0.05) is 41.9 Å². The number of unbranched alkanes of at least 4 members (excludes halogenated alkanes) is 2. The lowest BCUT2D eigenvalue weighted by molar-refractivity contribution is -0.130. The molecule has 2 N–H and O–H groups in total. The molecule has 1 aromatic carbocycles. The Morgan fingerprint density at radius 1 is 1.17 bits per heavy atom. The van der Waals surface area contributed by atoms with E-state index >= 15 is 0 Å². The predicted molar refractivity (Wildman–Crippen MR) is 95.4 cm³/mol. The third-order valence-corrected chi connectivity index (χ3v) is 4.07. The molecule has 5 nitrogen and oxygen atoms in total. The molecule has 0 radical (unpaired) electrons. The zero-order valence-electron chi connectivity index (χ0n) is 14.4. The Morgan fingerprint density at radius 3 is 2.71 bits per heavy atom. The smallest absolute Gasteiger partial charge is 0.222 e. The van der Waals surface area contributed by atoms with Gasteiger partial charge in [0.25, 0.3) is 0 Å². The Kier molecular flexibility index (Phi) is 7.49. The van der Waals surface area contributed by atoms with Gasteiger partial charge in [0.05, 0.1) is 0 Å². The summed E-state index contributed by atoms with van der Waals surface area (Å²) in [4.78, 5) is 13.6. The second-order valence-corrected chi connectivity index (χ2v) is 6.06. The minimum absolute atomic E-state index is 0.184. The summed E-state index contributed by atoms with van der Waals surface area (Å²) in [6, 6.07) is 12.0. The summed E-state index contributed by atoms with van der Waals surface area (Å²) < 4.78 is 5.40. The van der Waals surface area contributed by atoms with Crippen molar-refractivity contribution in [1.82, 2.24) is 10.1 Å². The third kappa shape index (κ3) is 5.81. The molecule has 0 bridgehead atoms. The highest BCUT2D eigenvalue weighted by Crippen LogP contribution is 2.19. The first-order chi connectivity index (χ1) is 11.7. The fourth-order valence-corrected chi connectivity index (χ4v) is 2.57. The van der Waals surface area contributed by atoms with Crippen molar-refractivity contribution in [2.45, 2.75) is 38.5 Å². The molecule has 2 rings (SSSR count). The summed E-state index contributed by atoms with van der Waals surface area (Å²) in [6.45, 7) is 1.37. The van der Waals surface area contributed by atoms with Gasteiger partial charge in [-0.15, -0.1) is 0 Å². The lowest BCUT2D eigenvalue weighted by Gasteiger charge is -2.16. The predicted octanol–water partition coefficient (Wildman–Crippen LogP) is 3.25. The van der Waals surface area contributed by atoms with Crippen LogP contribution < -0.4 is 5.73 Å². The van der Waals surface area contributed by atoms with Crippen molar-refractivity contribution in [2.24, 2.45) is 5.73 Å².